The highest BCUT2D eigenvalue weighted by Gasteiger charge is 2.47. The van der Waals surface area contributed by atoms with E-state index in [1.165, 1.54) is 70.9 Å². The van der Waals surface area contributed by atoms with Gasteiger partial charge in [-0.05, 0) is 50.4 Å². The molecule has 1 saturated heterocycles. The molecule has 21 heavy (non-hydrogen) atoms. The first kappa shape index (κ1) is 15.8. The Labute approximate surface area is 132 Å². The largest absolute Gasteiger partial charge is 0.311 e. The van der Waals surface area contributed by atoms with Gasteiger partial charge in [-0.3, -0.25) is 4.90 Å². The van der Waals surface area contributed by atoms with Crippen molar-refractivity contribution < 1.29 is 0 Å². The van der Waals surface area contributed by atoms with Crippen LogP contribution in [-0.4, -0.2) is 35.6 Å². The van der Waals surface area contributed by atoms with Crippen LogP contribution in [0.3, 0.4) is 0 Å². The molecule has 0 aromatic carbocycles. The van der Waals surface area contributed by atoms with Crippen LogP contribution in [0.15, 0.2) is 0 Å². The molecule has 1 aliphatic heterocycles. The fourth-order valence-electron chi connectivity index (χ4n) is 5.22. The van der Waals surface area contributed by atoms with Crippen LogP contribution in [0.5, 0.6) is 0 Å². The van der Waals surface area contributed by atoms with E-state index in [1.54, 1.807) is 0 Å². The zero-order valence-corrected chi connectivity index (χ0v) is 14.5. The predicted molar refractivity (Wildman–Crippen MR) is 90.6 cm³/mol. The molecule has 2 nitrogen and oxygen atoms in total. The summed E-state index contributed by atoms with van der Waals surface area (Å²) < 4.78 is 0. The van der Waals surface area contributed by atoms with Crippen molar-refractivity contribution in [1.29, 1.82) is 0 Å². The highest BCUT2D eigenvalue weighted by molar-refractivity contribution is 5.04. The first-order chi connectivity index (χ1) is 10.2. The van der Waals surface area contributed by atoms with Gasteiger partial charge in [0.25, 0.3) is 0 Å². The molecule has 1 N–H and O–H groups in total. The molecule has 0 spiro atoms. The topological polar surface area (TPSA) is 15.3 Å². The van der Waals surface area contributed by atoms with Gasteiger partial charge in [-0.1, -0.05) is 40.0 Å². The van der Waals surface area contributed by atoms with Gasteiger partial charge < -0.3 is 5.32 Å². The molecule has 2 heteroatoms. The van der Waals surface area contributed by atoms with Crippen LogP contribution in [0, 0.1) is 11.8 Å². The van der Waals surface area contributed by atoms with Gasteiger partial charge in [-0.15, -0.1) is 0 Å². The molecule has 1 heterocycles. The van der Waals surface area contributed by atoms with E-state index in [4.69, 9.17) is 0 Å². The third kappa shape index (κ3) is 3.03. The van der Waals surface area contributed by atoms with Gasteiger partial charge in [0, 0.05) is 30.7 Å². The van der Waals surface area contributed by atoms with Crippen LogP contribution in [0.4, 0.5) is 0 Å². The summed E-state index contributed by atoms with van der Waals surface area (Å²) in [4.78, 5) is 2.97. The zero-order valence-electron chi connectivity index (χ0n) is 14.5. The summed E-state index contributed by atoms with van der Waals surface area (Å²) >= 11 is 0. The Hall–Kier alpha value is -0.0800. The Balaban J connectivity index is 1.72. The Bertz CT molecular complexity index is 323. The lowest BCUT2D eigenvalue weighted by molar-refractivity contribution is -0.0640. The molecule has 2 aliphatic carbocycles. The van der Waals surface area contributed by atoms with Crippen LogP contribution in [0.1, 0.15) is 78.6 Å². The summed E-state index contributed by atoms with van der Waals surface area (Å²) in [6, 6.07) is 1.52. The van der Waals surface area contributed by atoms with Crippen molar-refractivity contribution in [2.24, 2.45) is 11.8 Å². The number of nitrogens with one attached hydrogen (secondary N) is 1. The van der Waals surface area contributed by atoms with E-state index in [2.05, 4.69) is 31.0 Å². The lowest BCUT2D eigenvalue weighted by Gasteiger charge is -2.58. The molecular formula is C19H36N2. The fourth-order valence-corrected chi connectivity index (χ4v) is 5.22. The monoisotopic (exact) mass is 292 g/mol. The second kappa shape index (κ2) is 6.58. The van der Waals surface area contributed by atoms with Crippen molar-refractivity contribution in [1.82, 2.24) is 10.2 Å². The van der Waals surface area contributed by atoms with Gasteiger partial charge in [0.05, 0.1) is 0 Å². The van der Waals surface area contributed by atoms with E-state index in [1.807, 2.05) is 0 Å². The van der Waals surface area contributed by atoms with Crippen LogP contribution in [0.2, 0.25) is 0 Å². The highest BCUT2D eigenvalue weighted by Crippen LogP contribution is 2.44. The standard InChI is InChI=1S/C19H36N2/c1-4-19(11-8-12-19)21-14-17(16-9-6-5-7-10-16)20-13-18(21)15(2)3/h15-18,20H,4-14H2,1-3H3. The third-order valence-corrected chi connectivity index (χ3v) is 6.92. The molecule has 0 amide bonds. The van der Waals surface area contributed by atoms with Gasteiger partial charge in [0.2, 0.25) is 0 Å². The van der Waals surface area contributed by atoms with Gasteiger partial charge >= 0.3 is 0 Å². The Kier molecular flexibility index (Phi) is 4.95. The molecule has 2 saturated carbocycles. The van der Waals surface area contributed by atoms with E-state index in [0.717, 1.165) is 23.9 Å². The predicted octanol–water partition coefficient (Wildman–Crippen LogP) is 4.20. The molecule has 2 unspecified atom stereocenters. The fraction of sp³-hybridized carbons (Fsp3) is 1.00. The van der Waals surface area contributed by atoms with Crippen molar-refractivity contribution in [2.45, 2.75) is 96.2 Å². The number of hydrogen-bond donors (Lipinski definition) is 1. The van der Waals surface area contributed by atoms with Crippen molar-refractivity contribution in [3.05, 3.63) is 0 Å². The first-order valence-corrected chi connectivity index (χ1v) is 9.66. The molecular weight excluding hydrogens is 256 g/mol. The zero-order chi connectivity index (χ0) is 14.9. The number of hydrogen-bond acceptors (Lipinski definition) is 2. The maximum Gasteiger partial charge on any atom is 0.0249 e. The number of rotatable bonds is 4. The van der Waals surface area contributed by atoms with E-state index < -0.39 is 0 Å². The molecule has 0 radical (unpaired) electrons. The molecule has 2 atom stereocenters. The molecule has 3 rings (SSSR count). The summed E-state index contributed by atoms with van der Waals surface area (Å²) in [5.41, 5.74) is 0.559. The van der Waals surface area contributed by atoms with Crippen molar-refractivity contribution in [3.63, 3.8) is 0 Å². The second-order valence-corrected chi connectivity index (χ2v) is 8.31. The summed E-state index contributed by atoms with van der Waals surface area (Å²) in [6.45, 7) is 9.81. The van der Waals surface area contributed by atoms with Crippen molar-refractivity contribution >= 4 is 0 Å². The SMILES string of the molecule is CCC1(N2CC(C3CCCCC3)NCC2C(C)C)CCC1. The molecule has 3 aliphatic rings. The lowest BCUT2D eigenvalue weighted by Crippen LogP contribution is -2.68. The average Bonchev–Trinajstić information content (AvgIpc) is 2.47. The normalized spacial score (nSPS) is 34.9. The quantitative estimate of drug-likeness (QED) is 0.835. The Morgan fingerprint density at radius 2 is 1.81 bits per heavy atom. The van der Waals surface area contributed by atoms with E-state index >= 15 is 0 Å². The van der Waals surface area contributed by atoms with Crippen molar-refractivity contribution in [2.75, 3.05) is 13.1 Å². The van der Waals surface area contributed by atoms with Crippen LogP contribution >= 0.6 is 0 Å². The molecule has 3 fully saturated rings. The maximum absolute atomic E-state index is 3.95. The maximum atomic E-state index is 3.95. The lowest BCUT2D eigenvalue weighted by atomic mass is 9.70. The minimum atomic E-state index is 0.559. The minimum absolute atomic E-state index is 0.559. The summed E-state index contributed by atoms with van der Waals surface area (Å²) in [5.74, 6) is 1.72. The summed E-state index contributed by atoms with van der Waals surface area (Å²) in [5, 5.41) is 3.95. The van der Waals surface area contributed by atoms with E-state index in [9.17, 15) is 0 Å². The summed E-state index contributed by atoms with van der Waals surface area (Å²) in [7, 11) is 0. The van der Waals surface area contributed by atoms with Crippen LogP contribution < -0.4 is 5.32 Å². The molecule has 0 aromatic heterocycles. The molecule has 0 bridgehead atoms. The third-order valence-electron chi connectivity index (χ3n) is 6.92. The Morgan fingerprint density at radius 1 is 1.10 bits per heavy atom. The van der Waals surface area contributed by atoms with Crippen LogP contribution in [0.25, 0.3) is 0 Å². The smallest absolute Gasteiger partial charge is 0.0249 e. The van der Waals surface area contributed by atoms with E-state index in [-0.39, 0.29) is 0 Å². The minimum Gasteiger partial charge on any atom is -0.311 e. The van der Waals surface area contributed by atoms with E-state index in [0.29, 0.717) is 5.54 Å². The number of nitrogens with zero attached hydrogens (tertiary/aromatic N) is 1. The van der Waals surface area contributed by atoms with Gasteiger partial charge in [-0.2, -0.15) is 0 Å². The van der Waals surface area contributed by atoms with Gasteiger partial charge in [0.15, 0.2) is 0 Å². The number of piperazine rings is 1. The van der Waals surface area contributed by atoms with Crippen LogP contribution in [-0.2, 0) is 0 Å². The molecule has 0 aromatic rings. The van der Waals surface area contributed by atoms with Crippen molar-refractivity contribution in [3.8, 4) is 0 Å². The second-order valence-electron chi connectivity index (χ2n) is 8.31. The van der Waals surface area contributed by atoms with Gasteiger partial charge in [-0.25, -0.2) is 0 Å². The first-order valence-electron chi connectivity index (χ1n) is 9.66. The van der Waals surface area contributed by atoms with Gasteiger partial charge in [0.1, 0.15) is 0 Å². The summed E-state index contributed by atoms with van der Waals surface area (Å²) in [6.07, 6.45) is 13.1. The highest BCUT2D eigenvalue weighted by atomic mass is 15.3. The average molecular weight is 293 g/mol. The Morgan fingerprint density at radius 3 is 2.33 bits per heavy atom. The molecule has 122 valence electrons.